The molecule has 0 radical (unpaired) electrons. The number of anilines is 1. The molecule has 0 fully saturated rings. The fourth-order valence-corrected chi connectivity index (χ4v) is 1.92. The van der Waals surface area contributed by atoms with Crippen LogP contribution in [0.3, 0.4) is 0 Å². The van der Waals surface area contributed by atoms with Crippen LogP contribution in [0.15, 0.2) is 42.5 Å². The number of hydrogen-bond donors (Lipinski definition) is 2. The minimum atomic E-state index is -1.01. The molecule has 2 N–H and O–H groups in total. The van der Waals surface area contributed by atoms with Crippen LogP contribution in [0.4, 0.5) is 19.3 Å². The number of ether oxygens (including phenoxy) is 2. The van der Waals surface area contributed by atoms with Crippen molar-refractivity contribution < 1.29 is 27.8 Å². The molecule has 0 aromatic heterocycles. The fraction of sp³-hybridized carbons (Fsp3) is 0.176. The first-order valence-corrected chi connectivity index (χ1v) is 7.30. The summed E-state index contributed by atoms with van der Waals surface area (Å²) in [4.78, 5) is 23.2. The predicted octanol–water partition coefficient (Wildman–Crippen LogP) is 2.95. The molecule has 6 nitrogen and oxygen atoms in total. The number of halogens is 2. The number of amides is 2. The Morgan fingerprint density at radius 2 is 1.88 bits per heavy atom. The zero-order valence-electron chi connectivity index (χ0n) is 13.3. The molecular weight excluding hydrogens is 334 g/mol. The van der Waals surface area contributed by atoms with Gasteiger partial charge in [-0.25, -0.2) is 18.4 Å². The highest BCUT2D eigenvalue weighted by molar-refractivity contribution is 5.93. The van der Waals surface area contributed by atoms with Gasteiger partial charge in [-0.1, -0.05) is 6.07 Å². The van der Waals surface area contributed by atoms with E-state index in [1.807, 2.05) is 0 Å². The lowest BCUT2D eigenvalue weighted by molar-refractivity contribution is 0.0600. The van der Waals surface area contributed by atoms with Crippen molar-refractivity contribution in [1.82, 2.24) is 5.32 Å². The molecule has 25 heavy (non-hydrogen) atoms. The van der Waals surface area contributed by atoms with Crippen molar-refractivity contribution in [3.05, 3.63) is 59.7 Å². The van der Waals surface area contributed by atoms with Gasteiger partial charge in [-0.15, -0.1) is 0 Å². The van der Waals surface area contributed by atoms with Crippen molar-refractivity contribution in [2.45, 2.75) is 0 Å². The molecule has 2 aromatic rings. The largest absolute Gasteiger partial charge is 0.492 e. The van der Waals surface area contributed by atoms with E-state index in [-0.39, 0.29) is 18.9 Å². The summed E-state index contributed by atoms with van der Waals surface area (Å²) in [7, 11) is 1.27. The van der Waals surface area contributed by atoms with Gasteiger partial charge in [-0.05, 0) is 30.3 Å². The molecule has 0 unspecified atom stereocenters. The molecule has 0 atom stereocenters. The van der Waals surface area contributed by atoms with Gasteiger partial charge in [0.15, 0.2) is 11.6 Å². The van der Waals surface area contributed by atoms with E-state index < -0.39 is 23.6 Å². The van der Waals surface area contributed by atoms with Crippen molar-refractivity contribution in [2.75, 3.05) is 25.6 Å². The van der Waals surface area contributed by atoms with Gasteiger partial charge < -0.3 is 20.1 Å². The van der Waals surface area contributed by atoms with Crippen LogP contribution in [0.1, 0.15) is 10.4 Å². The molecule has 0 saturated heterocycles. The van der Waals surface area contributed by atoms with E-state index in [2.05, 4.69) is 15.4 Å². The Morgan fingerprint density at radius 1 is 1.08 bits per heavy atom. The van der Waals surface area contributed by atoms with Gasteiger partial charge in [0.05, 0.1) is 19.2 Å². The number of benzene rings is 2. The lowest BCUT2D eigenvalue weighted by Crippen LogP contribution is -2.32. The average Bonchev–Trinajstić information content (AvgIpc) is 2.61. The molecule has 0 heterocycles. The van der Waals surface area contributed by atoms with Crippen LogP contribution in [0.5, 0.6) is 5.75 Å². The first kappa shape index (κ1) is 18.2. The number of rotatable bonds is 6. The molecule has 132 valence electrons. The van der Waals surface area contributed by atoms with Crippen LogP contribution in [-0.2, 0) is 4.74 Å². The Balaban J connectivity index is 1.77. The van der Waals surface area contributed by atoms with E-state index in [4.69, 9.17) is 4.74 Å². The lowest BCUT2D eigenvalue weighted by Gasteiger charge is -2.10. The van der Waals surface area contributed by atoms with Gasteiger partial charge in [0.2, 0.25) is 0 Å². The van der Waals surface area contributed by atoms with Gasteiger partial charge in [-0.2, -0.15) is 0 Å². The SMILES string of the molecule is COC(=O)c1cccc(NC(=O)NCCOc2ccc(F)c(F)c2)c1. The van der Waals surface area contributed by atoms with E-state index in [0.717, 1.165) is 12.1 Å². The number of carbonyl (C=O) groups is 2. The van der Waals surface area contributed by atoms with Crippen molar-refractivity contribution in [2.24, 2.45) is 0 Å². The molecule has 2 amide bonds. The van der Waals surface area contributed by atoms with Crippen LogP contribution in [-0.4, -0.2) is 32.3 Å². The van der Waals surface area contributed by atoms with Crippen molar-refractivity contribution >= 4 is 17.7 Å². The Bertz CT molecular complexity index is 768. The smallest absolute Gasteiger partial charge is 0.337 e. The third-order valence-corrected chi connectivity index (χ3v) is 3.09. The van der Waals surface area contributed by atoms with Gasteiger partial charge in [-0.3, -0.25) is 0 Å². The molecule has 2 rings (SSSR count). The second-order valence-electron chi connectivity index (χ2n) is 4.88. The molecule has 0 saturated carbocycles. The van der Waals surface area contributed by atoms with Crippen molar-refractivity contribution in [3.8, 4) is 5.75 Å². The third-order valence-electron chi connectivity index (χ3n) is 3.09. The number of hydrogen-bond acceptors (Lipinski definition) is 4. The maximum Gasteiger partial charge on any atom is 0.337 e. The van der Waals surface area contributed by atoms with E-state index in [0.29, 0.717) is 11.3 Å². The molecule has 0 bridgehead atoms. The normalized spacial score (nSPS) is 10.0. The van der Waals surface area contributed by atoms with Gasteiger partial charge >= 0.3 is 12.0 Å². The first-order chi connectivity index (χ1) is 12.0. The first-order valence-electron chi connectivity index (χ1n) is 7.30. The van der Waals surface area contributed by atoms with E-state index in [1.165, 1.54) is 19.2 Å². The molecule has 0 aliphatic rings. The fourth-order valence-electron chi connectivity index (χ4n) is 1.92. The summed E-state index contributed by atoms with van der Waals surface area (Å²) in [5.41, 5.74) is 0.726. The van der Waals surface area contributed by atoms with Crippen molar-refractivity contribution in [1.29, 1.82) is 0 Å². The van der Waals surface area contributed by atoms with Gasteiger partial charge in [0.25, 0.3) is 0 Å². The van der Waals surface area contributed by atoms with E-state index in [9.17, 15) is 18.4 Å². The molecule has 0 aliphatic carbocycles. The van der Waals surface area contributed by atoms with Crippen LogP contribution >= 0.6 is 0 Å². The number of methoxy groups -OCH3 is 1. The maximum absolute atomic E-state index is 13.0. The van der Waals surface area contributed by atoms with Crippen LogP contribution < -0.4 is 15.4 Å². The van der Waals surface area contributed by atoms with Crippen LogP contribution in [0, 0.1) is 11.6 Å². The number of carbonyl (C=O) groups excluding carboxylic acids is 2. The van der Waals surface area contributed by atoms with Crippen LogP contribution in [0.2, 0.25) is 0 Å². The topological polar surface area (TPSA) is 76.7 Å². The highest BCUT2D eigenvalue weighted by atomic mass is 19.2. The van der Waals surface area contributed by atoms with Crippen LogP contribution in [0.25, 0.3) is 0 Å². The standard InChI is InChI=1S/C17H16F2N2O4/c1-24-16(22)11-3-2-4-12(9-11)21-17(23)20-7-8-25-13-5-6-14(18)15(19)10-13/h2-6,9-10H,7-8H2,1H3,(H2,20,21,23). The molecule has 8 heteroatoms. The summed E-state index contributed by atoms with van der Waals surface area (Å²) < 4.78 is 35.6. The molecule has 0 spiro atoms. The minimum Gasteiger partial charge on any atom is -0.492 e. The summed E-state index contributed by atoms with van der Waals surface area (Å²) in [5.74, 6) is -2.32. The van der Waals surface area contributed by atoms with E-state index in [1.54, 1.807) is 18.2 Å². The van der Waals surface area contributed by atoms with E-state index >= 15 is 0 Å². The zero-order valence-corrected chi connectivity index (χ0v) is 13.3. The Morgan fingerprint density at radius 3 is 2.60 bits per heavy atom. The maximum atomic E-state index is 13.0. The molecule has 0 aliphatic heterocycles. The Labute approximate surface area is 142 Å². The minimum absolute atomic E-state index is 0.0701. The van der Waals surface area contributed by atoms with Gasteiger partial charge in [0.1, 0.15) is 12.4 Å². The molecular formula is C17H16F2N2O4. The number of urea groups is 1. The zero-order chi connectivity index (χ0) is 18.2. The second kappa shape index (κ2) is 8.62. The second-order valence-corrected chi connectivity index (χ2v) is 4.88. The lowest BCUT2D eigenvalue weighted by atomic mass is 10.2. The highest BCUT2D eigenvalue weighted by Crippen LogP contribution is 2.15. The summed E-state index contributed by atoms with van der Waals surface area (Å²) in [5, 5.41) is 5.08. The molecule has 2 aromatic carbocycles. The average molecular weight is 350 g/mol. The van der Waals surface area contributed by atoms with Gasteiger partial charge in [0, 0.05) is 11.8 Å². The monoisotopic (exact) mass is 350 g/mol. The quantitative estimate of drug-likeness (QED) is 0.620. The predicted molar refractivity (Wildman–Crippen MR) is 86.7 cm³/mol. The number of nitrogens with one attached hydrogen (secondary N) is 2. The summed E-state index contributed by atoms with van der Waals surface area (Å²) in [6.45, 7) is 0.211. The summed E-state index contributed by atoms with van der Waals surface area (Å²) in [6, 6.07) is 8.92. The van der Waals surface area contributed by atoms with Crippen molar-refractivity contribution in [3.63, 3.8) is 0 Å². The number of esters is 1. The summed E-state index contributed by atoms with van der Waals surface area (Å²) >= 11 is 0. The third kappa shape index (κ3) is 5.45. The Kier molecular flexibility index (Phi) is 6.27. The highest BCUT2D eigenvalue weighted by Gasteiger charge is 2.08. The summed E-state index contributed by atoms with van der Waals surface area (Å²) in [6.07, 6.45) is 0. The Hall–Kier alpha value is -3.16.